The third kappa shape index (κ3) is 5.06. The Bertz CT molecular complexity index is 287. The van der Waals surface area contributed by atoms with Crippen LogP contribution in [0.25, 0.3) is 0 Å². The van der Waals surface area contributed by atoms with Crippen LogP contribution in [0.1, 0.15) is 6.42 Å². The zero-order valence-corrected chi connectivity index (χ0v) is 8.44. The second-order valence-electron chi connectivity index (χ2n) is 2.56. The zero-order chi connectivity index (χ0) is 12.0. The van der Waals surface area contributed by atoms with E-state index in [-0.39, 0.29) is 0 Å². The monoisotopic (exact) mass is 234 g/mol. The molecule has 0 saturated heterocycles. The SMILES string of the molecule is C=CC(SC(CC(=O)O)C(=O)O)C(=O)O. The largest absolute Gasteiger partial charge is 0.481 e. The summed E-state index contributed by atoms with van der Waals surface area (Å²) in [7, 11) is 0. The Labute approximate surface area is 89.6 Å². The van der Waals surface area contributed by atoms with Crippen molar-refractivity contribution < 1.29 is 29.7 Å². The Morgan fingerprint density at radius 1 is 1.20 bits per heavy atom. The molecule has 0 fully saturated rings. The first kappa shape index (κ1) is 13.5. The highest BCUT2D eigenvalue weighted by atomic mass is 32.2. The molecule has 0 spiro atoms. The highest BCUT2D eigenvalue weighted by molar-refractivity contribution is 8.02. The van der Waals surface area contributed by atoms with E-state index in [9.17, 15) is 14.4 Å². The number of rotatable bonds is 7. The molecular weight excluding hydrogens is 224 g/mol. The standard InChI is InChI=1S/C8H10O6S/c1-2-4(7(11)12)15-5(8(13)14)3-6(9)10/h2,4-5H,1,3H2,(H,9,10)(H,11,12)(H,13,14). The van der Waals surface area contributed by atoms with Gasteiger partial charge in [-0.05, 0) is 0 Å². The summed E-state index contributed by atoms with van der Waals surface area (Å²) in [6, 6.07) is 0. The number of carboxylic acids is 3. The van der Waals surface area contributed by atoms with Gasteiger partial charge in [-0.2, -0.15) is 0 Å². The lowest BCUT2D eigenvalue weighted by Gasteiger charge is -2.12. The third-order valence-electron chi connectivity index (χ3n) is 1.40. The van der Waals surface area contributed by atoms with E-state index < -0.39 is 34.8 Å². The van der Waals surface area contributed by atoms with Crippen LogP contribution in [0, 0.1) is 0 Å². The van der Waals surface area contributed by atoms with Crippen LogP contribution >= 0.6 is 11.8 Å². The van der Waals surface area contributed by atoms with Crippen molar-refractivity contribution in [1.82, 2.24) is 0 Å². The zero-order valence-electron chi connectivity index (χ0n) is 7.62. The average molecular weight is 234 g/mol. The normalized spacial score (nSPS) is 13.9. The molecule has 0 aromatic heterocycles. The van der Waals surface area contributed by atoms with Gasteiger partial charge in [0.1, 0.15) is 10.5 Å². The maximum Gasteiger partial charge on any atom is 0.320 e. The molecule has 0 rings (SSSR count). The van der Waals surface area contributed by atoms with Gasteiger partial charge in [0.15, 0.2) is 0 Å². The first-order valence-electron chi connectivity index (χ1n) is 3.84. The Balaban J connectivity index is 4.51. The van der Waals surface area contributed by atoms with Crippen LogP contribution in [-0.4, -0.2) is 43.7 Å². The number of aliphatic carboxylic acids is 3. The smallest absolute Gasteiger partial charge is 0.320 e. The predicted octanol–water partition coefficient (Wildman–Crippen LogP) is 0.287. The van der Waals surface area contributed by atoms with Gasteiger partial charge in [0.05, 0.1) is 6.42 Å². The minimum absolute atomic E-state index is 0.536. The molecule has 0 aliphatic heterocycles. The molecule has 2 unspecified atom stereocenters. The van der Waals surface area contributed by atoms with Crippen LogP contribution in [-0.2, 0) is 14.4 Å². The third-order valence-corrected chi connectivity index (χ3v) is 2.79. The summed E-state index contributed by atoms with van der Waals surface area (Å²) < 4.78 is 0. The summed E-state index contributed by atoms with van der Waals surface area (Å²) in [6.07, 6.45) is 0.433. The van der Waals surface area contributed by atoms with Gasteiger partial charge in [0, 0.05) is 0 Å². The van der Waals surface area contributed by atoms with E-state index in [1.54, 1.807) is 0 Å². The van der Waals surface area contributed by atoms with Gasteiger partial charge < -0.3 is 15.3 Å². The molecular formula is C8H10O6S. The van der Waals surface area contributed by atoms with Gasteiger partial charge in [-0.3, -0.25) is 14.4 Å². The van der Waals surface area contributed by atoms with Gasteiger partial charge in [0.2, 0.25) is 0 Å². The van der Waals surface area contributed by atoms with Crippen molar-refractivity contribution in [2.75, 3.05) is 0 Å². The molecule has 2 atom stereocenters. The summed E-state index contributed by atoms with van der Waals surface area (Å²) in [5.74, 6) is -3.88. The van der Waals surface area contributed by atoms with Crippen molar-refractivity contribution in [3.8, 4) is 0 Å². The fourth-order valence-electron chi connectivity index (χ4n) is 0.744. The maximum atomic E-state index is 10.6. The van der Waals surface area contributed by atoms with E-state index in [1.807, 2.05) is 0 Å². The van der Waals surface area contributed by atoms with E-state index in [0.717, 1.165) is 6.08 Å². The molecule has 15 heavy (non-hydrogen) atoms. The number of hydrogen-bond donors (Lipinski definition) is 3. The quantitative estimate of drug-likeness (QED) is 0.542. The summed E-state index contributed by atoms with van der Waals surface area (Å²) in [5.41, 5.74) is 0. The van der Waals surface area contributed by atoms with Crippen molar-refractivity contribution in [2.24, 2.45) is 0 Å². The number of thioether (sulfide) groups is 1. The molecule has 0 saturated carbocycles. The summed E-state index contributed by atoms with van der Waals surface area (Å²) in [6.45, 7) is 3.23. The molecule has 0 aromatic rings. The van der Waals surface area contributed by atoms with Gasteiger partial charge >= 0.3 is 17.9 Å². The van der Waals surface area contributed by atoms with Gasteiger partial charge in [-0.15, -0.1) is 18.3 Å². The molecule has 3 N–H and O–H groups in total. The van der Waals surface area contributed by atoms with E-state index in [4.69, 9.17) is 15.3 Å². The van der Waals surface area contributed by atoms with E-state index in [0.29, 0.717) is 11.8 Å². The highest BCUT2D eigenvalue weighted by Gasteiger charge is 2.27. The fraction of sp³-hybridized carbons (Fsp3) is 0.375. The Morgan fingerprint density at radius 2 is 1.73 bits per heavy atom. The Morgan fingerprint density at radius 3 is 2.00 bits per heavy atom. The second-order valence-corrected chi connectivity index (χ2v) is 3.90. The van der Waals surface area contributed by atoms with Crippen molar-refractivity contribution in [2.45, 2.75) is 16.9 Å². The van der Waals surface area contributed by atoms with Crippen molar-refractivity contribution >= 4 is 29.7 Å². The molecule has 0 aliphatic rings. The van der Waals surface area contributed by atoms with Crippen LogP contribution in [0.15, 0.2) is 12.7 Å². The molecule has 0 bridgehead atoms. The molecule has 0 heterocycles. The highest BCUT2D eigenvalue weighted by Crippen LogP contribution is 2.22. The molecule has 0 radical (unpaired) electrons. The first-order chi connectivity index (χ1) is 6.88. The topological polar surface area (TPSA) is 112 Å². The second kappa shape index (κ2) is 6.07. The van der Waals surface area contributed by atoms with Gasteiger partial charge in [-0.25, -0.2) is 0 Å². The van der Waals surface area contributed by atoms with Crippen molar-refractivity contribution in [3.63, 3.8) is 0 Å². The van der Waals surface area contributed by atoms with E-state index in [2.05, 4.69) is 6.58 Å². The molecule has 7 heteroatoms. The number of carbonyl (C=O) groups is 3. The lowest BCUT2D eigenvalue weighted by Crippen LogP contribution is -2.26. The maximum absolute atomic E-state index is 10.6. The molecule has 84 valence electrons. The van der Waals surface area contributed by atoms with Crippen LogP contribution in [0.4, 0.5) is 0 Å². The number of carboxylic acid groups (broad SMARTS) is 3. The van der Waals surface area contributed by atoms with Crippen LogP contribution in [0.3, 0.4) is 0 Å². The van der Waals surface area contributed by atoms with Crippen LogP contribution in [0.5, 0.6) is 0 Å². The van der Waals surface area contributed by atoms with Crippen LogP contribution in [0.2, 0.25) is 0 Å². The average Bonchev–Trinajstić information content (AvgIpc) is 2.10. The van der Waals surface area contributed by atoms with E-state index in [1.165, 1.54) is 0 Å². The van der Waals surface area contributed by atoms with Crippen molar-refractivity contribution in [3.05, 3.63) is 12.7 Å². The fourth-order valence-corrected chi connectivity index (χ4v) is 1.68. The van der Waals surface area contributed by atoms with E-state index >= 15 is 0 Å². The van der Waals surface area contributed by atoms with Gasteiger partial charge in [-0.1, -0.05) is 6.08 Å². The van der Waals surface area contributed by atoms with Crippen LogP contribution < -0.4 is 0 Å². The minimum atomic E-state index is -1.35. The Hall–Kier alpha value is -1.50. The number of hydrogen-bond acceptors (Lipinski definition) is 4. The van der Waals surface area contributed by atoms with Gasteiger partial charge in [0.25, 0.3) is 0 Å². The lowest BCUT2D eigenvalue weighted by atomic mass is 10.3. The predicted molar refractivity (Wildman–Crippen MR) is 52.9 cm³/mol. The lowest BCUT2D eigenvalue weighted by molar-refractivity contribution is -0.143. The molecule has 0 amide bonds. The molecule has 0 aliphatic carbocycles. The Kier molecular flexibility index (Phi) is 5.46. The summed E-state index contributed by atoms with van der Waals surface area (Å²) in [4.78, 5) is 31.4. The minimum Gasteiger partial charge on any atom is -0.481 e. The molecule has 6 nitrogen and oxygen atoms in total. The first-order valence-corrected chi connectivity index (χ1v) is 4.78. The van der Waals surface area contributed by atoms with Crippen molar-refractivity contribution in [1.29, 1.82) is 0 Å². The summed E-state index contributed by atoms with van der Waals surface area (Å²) >= 11 is 0.536. The summed E-state index contributed by atoms with van der Waals surface area (Å²) in [5, 5.41) is 23.2. The molecule has 0 aromatic carbocycles.